The Labute approximate surface area is 130 Å². The van der Waals surface area contributed by atoms with Crippen LogP contribution >= 0.6 is 42.6 Å². The van der Waals surface area contributed by atoms with Crippen LogP contribution in [0.3, 0.4) is 0 Å². The standard InChI is InChI=1S/C11H23Cl2N2O2PS/c1-3-10-19-11-4-9-17-18(16,14(11)2)15(7-5-12)8-6-13/h11H,3-10H2,1-2H3/t11-,18+/m0/s1. The zero-order valence-corrected chi connectivity index (χ0v) is 14.8. The molecule has 114 valence electrons. The van der Waals surface area contributed by atoms with Gasteiger partial charge in [0.25, 0.3) is 0 Å². The third-order valence-corrected chi connectivity index (χ3v) is 7.78. The minimum absolute atomic E-state index is 0.243. The molecule has 0 bridgehead atoms. The van der Waals surface area contributed by atoms with Gasteiger partial charge in [-0.05, 0) is 25.6 Å². The van der Waals surface area contributed by atoms with Crippen molar-refractivity contribution in [2.45, 2.75) is 25.1 Å². The van der Waals surface area contributed by atoms with E-state index in [1.54, 1.807) is 4.67 Å². The molecule has 1 heterocycles. The number of alkyl halides is 2. The molecule has 1 aliphatic rings. The van der Waals surface area contributed by atoms with Crippen molar-refractivity contribution >= 4 is 42.6 Å². The highest BCUT2D eigenvalue weighted by molar-refractivity contribution is 8.00. The number of thioether (sulfide) groups is 1. The summed E-state index contributed by atoms with van der Waals surface area (Å²) in [5.41, 5.74) is 0. The Morgan fingerprint density at radius 3 is 2.58 bits per heavy atom. The highest BCUT2D eigenvalue weighted by atomic mass is 35.5. The van der Waals surface area contributed by atoms with Crippen LogP contribution in [-0.2, 0) is 9.09 Å². The smallest absolute Gasteiger partial charge is 0.306 e. The van der Waals surface area contributed by atoms with Crippen molar-refractivity contribution in [3.8, 4) is 0 Å². The molecule has 1 rings (SSSR count). The fraction of sp³-hybridized carbons (Fsp3) is 1.00. The summed E-state index contributed by atoms with van der Waals surface area (Å²) >= 11 is 13.4. The minimum Gasteiger partial charge on any atom is -0.306 e. The first-order valence-corrected chi connectivity index (χ1v) is 10.2. The lowest BCUT2D eigenvalue weighted by atomic mass is 10.4. The van der Waals surface area contributed by atoms with Crippen LogP contribution in [0.1, 0.15) is 19.8 Å². The average molecular weight is 349 g/mol. The quantitative estimate of drug-likeness (QED) is 0.493. The number of nitrogens with zero attached hydrogens (tertiary/aromatic N) is 2. The minimum atomic E-state index is -2.97. The van der Waals surface area contributed by atoms with Crippen LogP contribution in [0.4, 0.5) is 0 Å². The molecule has 1 saturated heterocycles. The summed E-state index contributed by atoms with van der Waals surface area (Å²) in [5, 5.41) is 0.243. The van der Waals surface area contributed by atoms with E-state index in [-0.39, 0.29) is 5.37 Å². The van der Waals surface area contributed by atoms with Gasteiger partial charge in [-0.2, -0.15) is 0 Å². The molecule has 2 atom stereocenters. The zero-order chi connectivity index (χ0) is 14.3. The lowest BCUT2D eigenvalue weighted by Gasteiger charge is -2.43. The Hall–Kier alpha value is 1.04. The van der Waals surface area contributed by atoms with Crippen molar-refractivity contribution in [3.63, 3.8) is 0 Å². The van der Waals surface area contributed by atoms with Crippen LogP contribution in [0, 0.1) is 0 Å². The molecule has 19 heavy (non-hydrogen) atoms. The van der Waals surface area contributed by atoms with Gasteiger partial charge in [-0.15, -0.1) is 35.0 Å². The predicted octanol–water partition coefficient (Wildman–Crippen LogP) is 3.70. The maximum Gasteiger partial charge on any atom is 0.346 e. The van der Waals surface area contributed by atoms with E-state index in [0.29, 0.717) is 31.5 Å². The molecule has 0 aromatic rings. The summed E-state index contributed by atoms with van der Waals surface area (Å²) in [6, 6.07) is 0. The number of hydrogen-bond donors (Lipinski definition) is 0. The largest absolute Gasteiger partial charge is 0.346 e. The van der Waals surface area contributed by atoms with Gasteiger partial charge in [0.2, 0.25) is 0 Å². The topological polar surface area (TPSA) is 32.8 Å². The molecule has 0 unspecified atom stereocenters. The fourth-order valence-corrected chi connectivity index (χ4v) is 6.42. The van der Waals surface area contributed by atoms with Crippen molar-refractivity contribution in [1.82, 2.24) is 9.34 Å². The van der Waals surface area contributed by atoms with Gasteiger partial charge in [0, 0.05) is 24.8 Å². The molecule has 1 aliphatic heterocycles. The van der Waals surface area contributed by atoms with Gasteiger partial charge in [-0.1, -0.05) is 6.92 Å². The number of hydrogen-bond acceptors (Lipinski definition) is 3. The van der Waals surface area contributed by atoms with Gasteiger partial charge < -0.3 is 4.52 Å². The molecule has 0 aromatic carbocycles. The second-order valence-electron chi connectivity index (χ2n) is 4.34. The maximum atomic E-state index is 13.1. The summed E-state index contributed by atoms with van der Waals surface area (Å²) in [6.07, 6.45) is 2.02. The Morgan fingerprint density at radius 2 is 2.05 bits per heavy atom. The van der Waals surface area contributed by atoms with Gasteiger partial charge in [0.1, 0.15) is 0 Å². The molecule has 0 aromatic heterocycles. The summed E-state index contributed by atoms with van der Waals surface area (Å²) in [4.78, 5) is 0. The van der Waals surface area contributed by atoms with E-state index >= 15 is 0 Å². The number of rotatable bonds is 8. The van der Waals surface area contributed by atoms with Gasteiger partial charge in [0.05, 0.1) is 12.0 Å². The third kappa shape index (κ3) is 4.77. The average Bonchev–Trinajstić information content (AvgIpc) is 2.40. The molecule has 0 spiro atoms. The molecule has 0 amide bonds. The van der Waals surface area contributed by atoms with Gasteiger partial charge in [-0.25, -0.2) is 9.34 Å². The summed E-state index contributed by atoms with van der Waals surface area (Å²) in [6.45, 7) is 3.74. The van der Waals surface area contributed by atoms with Crippen LogP contribution in [-0.4, -0.2) is 59.0 Å². The summed E-state index contributed by atoms with van der Waals surface area (Å²) in [5.74, 6) is 1.91. The SMILES string of the molecule is CCCS[C@H]1CCO[P@@](=O)(N(CCCl)CCCl)N1C. The molecular formula is C11H23Cl2N2O2PS. The number of halogens is 2. The van der Waals surface area contributed by atoms with Crippen LogP contribution in [0.5, 0.6) is 0 Å². The van der Waals surface area contributed by atoms with Crippen LogP contribution < -0.4 is 0 Å². The highest BCUT2D eigenvalue weighted by Crippen LogP contribution is 2.58. The lowest BCUT2D eigenvalue weighted by Crippen LogP contribution is -2.41. The van der Waals surface area contributed by atoms with Crippen molar-refractivity contribution in [3.05, 3.63) is 0 Å². The molecule has 0 radical (unpaired) electrons. The normalized spacial score (nSPS) is 29.0. The van der Waals surface area contributed by atoms with E-state index < -0.39 is 7.67 Å². The fourth-order valence-electron chi connectivity index (χ4n) is 2.00. The molecule has 0 aliphatic carbocycles. The van der Waals surface area contributed by atoms with E-state index in [1.165, 1.54) is 0 Å². The summed E-state index contributed by atoms with van der Waals surface area (Å²) in [7, 11) is -1.09. The Bertz CT molecular complexity index is 306. The van der Waals surface area contributed by atoms with Crippen molar-refractivity contribution in [2.75, 3.05) is 44.3 Å². The first-order chi connectivity index (χ1) is 9.10. The van der Waals surface area contributed by atoms with E-state index in [4.69, 9.17) is 27.7 Å². The van der Waals surface area contributed by atoms with E-state index in [9.17, 15) is 4.57 Å². The Morgan fingerprint density at radius 1 is 1.42 bits per heavy atom. The Balaban J connectivity index is 2.78. The highest BCUT2D eigenvalue weighted by Gasteiger charge is 2.42. The molecule has 0 saturated carbocycles. The maximum absolute atomic E-state index is 13.1. The van der Waals surface area contributed by atoms with Crippen LogP contribution in [0.15, 0.2) is 0 Å². The first kappa shape index (κ1) is 18.1. The molecular weight excluding hydrogens is 326 g/mol. The monoisotopic (exact) mass is 348 g/mol. The van der Waals surface area contributed by atoms with E-state index in [1.807, 2.05) is 23.5 Å². The first-order valence-electron chi connectivity index (χ1n) is 6.57. The molecule has 8 heteroatoms. The van der Waals surface area contributed by atoms with E-state index in [0.717, 1.165) is 18.6 Å². The van der Waals surface area contributed by atoms with Gasteiger partial charge >= 0.3 is 7.67 Å². The van der Waals surface area contributed by atoms with Crippen LogP contribution in [0.25, 0.3) is 0 Å². The van der Waals surface area contributed by atoms with Crippen LogP contribution in [0.2, 0.25) is 0 Å². The second-order valence-corrected chi connectivity index (χ2v) is 8.82. The zero-order valence-electron chi connectivity index (χ0n) is 11.6. The summed E-state index contributed by atoms with van der Waals surface area (Å²) < 4.78 is 22.4. The van der Waals surface area contributed by atoms with E-state index in [2.05, 4.69) is 6.92 Å². The second kappa shape index (κ2) is 9.14. The molecule has 1 fully saturated rings. The predicted molar refractivity (Wildman–Crippen MR) is 85.5 cm³/mol. The lowest BCUT2D eigenvalue weighted by molar-refractivity contribution is 0.171. The van der Waals surface area contributed by atoms with Crippen molar-refractivity contribution in [2.24, 2.45) is 0 Å². The van der Waals surface area contributed by atoms with Crippen molar-refractivity contribution in [1.29, 1.82) is 0 Å². The third-order valence-electron chi connectivity index (χ3n) is 3.00. The van der Waals surface area contributed by atoms with Crippen molar-refractivity contribution < 1.29 is 9.09 Å². The van der Waals surface area contributed by atoms with Gasteiger partial charge in [0.15, 0.2) is 0 Å². The molecule has 0 N–H and O–H groups in total. The molecule has 4 nitrogen and oxygen atoms in total. The Kier molecular flexibility index (Phi) is 8.70. The van der Waals surface area contributed by atoms with Gasteiger partial charge in [-0.3, -0.25) is 4.57 Å².